The van der Waals surface area contributed by atoms with Crippen LogP contribution in [0.15, 0.2) is 24.3 Å². The predicted octanol–water partition coefficient (Wildman–Crippen LogP) is 1.18. The highest BCUT2D eigenvalue weighted by molar-refractivity contribution is 6.30. The van der Waals surface area contributed by atoms with E-state index in [9.17, 15) is 9.59 Å². The molecule has 0 bridgehead atoms. The van der Waals surface area contributed by atoms with Gasteiger partial charge in [-0.15, -0.1) is 0 Å². The summed E-state index contributed by atoms with van der Waals surface area (Å²) in [7, 11) is 1.52. The summed E-state index contributed by atoms with van der Waals surface area (Å²) in [5.41, 5.74) is 0.732. The minimum Gasteiger partial charge on any atom is -0.375 e. The van der Waals surface area contributed by atoms with Crippen LogP contribution in [-0.2, 0) is 20.7 Å². The fraction of sp³-hybridized carbons (Fsp3) is 0.579. The van der Waals surface area contributed by atoms with Crippen LogP contribution in [0.2, 0.25) is 5.02 Å². The van der Waals surface area contributed by atoms with E-state index in [2.05, 4.69) is 5.32 Å². The second kappa shape index (κ2) is 8.37. The van der Waals surface area contributed by atoms with Crippen molar-refractivity contribution in [3.63, 3.8) is 0 Å². The number of carbonyl (C=O) groups is 2. The Kier molecular flexibility index (Phi) is 6.16. The molecule has 0 unspecified atom stereocenters. The molecule has 2 fully saturated rings. The average molecular weight is 380 g/mol. The van der Waals surface area contributed by atoms with Gasteiger partial charge in [0, 0.05) is 51.4 Å². The lowest BCUT2D eigenvalue weighted by Gasteiger charge is -2.44. The molecule has 0 saturated carbocycles. The third-order valence-corrected chi connectivity index (χ3v) is 5.49. The summed E-state index contributed by atoms with van der Waals surface area (Å²) >= 11 is 5.97. The minimum atomic E-state index is -0.389. The van der Waals surface area contributed by atoms with Crippen molar-refractivity contribution in [2.24, 2.45) is 5.41 Å². The molecule has 0 radical (unpaired) electrons. The Bertz CT molecular complexity index is 646. The average Bonchev–Trinajstić information content (AvgIpc) is 2.85. The molecule has 1 N–H and O–H groups in total. The number of ether oxygens (including phenoxy) is 1. The van der Waals surface area contributed by atoms with Crippen molar-refractivity contribution in [1.82, 2.24) is 15.1 Å². The number of amides is 2. The molecule has 6 nitrogen and oxygen atoms in total. The first-order chi connectivity index (χ1) is 12.5. The summed E-state index contributed by atoms with van der Waals surface area (Å²) in [5, 5.41) is 3.96. The first-order valence-corrected chi connectivity index (χ1v) is 9.43. The van der Waals surface area contributed by atoms with E-state index in [1.807, 2.05) is 29.2 Å². The molecule has 1 aromatic carbocycles. The highest BCUT2D eigenvalue weighted by Gasteiger charge is 2.46. The van der Waals surface area contributed by atoms with Crippen molar-refractivity contribution < 1.29 is 14.3 Å². The summed E-state index contributed by atoms with van der Waals surface area (Å²) in [5.74, 6) is 0.176. The Balaban J connectivity index is 1.65. The Hall–Kier alpha value is -1.63. The number of carbonyl (C=O) groups excluding carboxylic acids is 2. The van der Waals surface area contributed by atoms with Gasteiger partial charge in [0.15, 0.2) is 0 Å². The molecule has 2 saturated heterocycles. The number of rotatable bonds is 5. The lowest BCUT2D eigenvalue weighted by Crippen LogP contribution is -2.63. The highest BCUT2D eigenvalue weighted by Crippen LogP contribution is 2.31. The van der Waals surface area contributed by atoms with Crippen LogP contribution in [0.4, 0.5) is 0 Å². The maximum atomic E-state index is 13.3. The summed E-state index contributed by atoms with van der Waals surface area (Å²) in [4.78, 5) is 29.0. The van der Waals surface area contributed by atoms with Gasteiger partial charge in [0.25, 0.3) is 0 Å². The summed E-state index contributed by atoms with van der Waals surface area (Å²) in [6.45, 7) is 3.99. The molecule has 2 amide bonds. The Morgan fingerprint density at radius 1 is 1.12 bits per heavy atom. The van der Waals surface area contributed by atoms with Crippen LogP contribution < -0.4 is 5.32 Å². The molecule has 0 aliphatic carbocycles. The zero-order valence-corrected chi connectivity index (χ0v) is 15.9. The third-order valence-electron chi connectivity index (χ3n) is 5.24. The number of methoxy groups -OCH3 is 1. The fourth-order valence-corrected chi connectivity index (χ4v) is 3.82. The smallest absolute Gasteiger partial charge is 0.248 e. The highest BCUT2D eigenvalue weighted by atomic mass is 35.5. The molecule has 26 heavy (non-hydrogen) atoms. The van der Waals surface area contributed by atoms with Crippen LogP contribution in [0.1, 0.15) is 12.0 Å². The topological polar surface area (TPSA) is 61.9 Å². The Morgan fingerprint density at radius 2 is 1.77 bits per heavy atom. The molecular formula is C19H26ClN3O3. The lowest BCUT2D eigenvalue weighted by atomic mass is 9.75. The molecule has 3 rings (SSSR count). The van der Waals surface area contributed by atoms with E-state index in [1.165, 1.54) is 7.11 Å². The largest absolute Gasteiger partial charge is 0.375 e. The fourth-order valence-electron chi connectivity index (χ4n) is 3.69. The van der Waals surface area contributed by atoms with Crippen LogP contribution in [0.3, 0.4) is 0 Å². The maximum absolute atomic E-state index is 13.3. The number of hydrogen-bond donors (Lipinski definition) is 1. The van der Waals surface area contributed by atoms with E-state index < -0.39 is 0 Å². The normalized spacial score (nSPS) is 19.6. The standard InChI is InChI=1S/C19H26ClN3O3/c1-26-12-17(24)22-7-2-8-23(10-9-22)18(25)19(13-21-14-19)11-15-3-5-16(20)6-4-15/h3-6,21H,2,7-14H2,1H3. The van der Waals surface area contributed by atoms with E-state index in [1.54, 1.807) is 4.90 Å². The van der Waals surface area contributed by atoms with Crippen LogP contribution in [-0.4, -0.2) is 74.6 Å². The van der Waals surface area contributed by atoms with Crippen LogP contribution in [0, 0.1) is 5.41 Å². The van der Waals surface area contributed by atoms with Crippen LogP contribution >= 0.6 is 11.6 Å². The summed E-state index contributed by atoms with van der Waals surface area (Å²) < 4.78 is 4.94. The minimum absolute atomic E-state index is 0.0111. The van der Waals surface area contributed by atoms with Crippen molar-refractivity contribution in [3.05, 3.63) is 34.9 Å². The molecular weight excluding hydrogens is 354 g/mol. The van der Waals surface area contributed by atoms with Gasteiger partial charge in [-0.3, -0.25) is 9.59 Å². The van der Waals surface area contributed by atoms with Gasteiger partial charge in [-0.1, -0.05) is 23.7 Å². The Morgan fingerprint density at radius 3 is 2.38 bits per heavy atom. The molecule has 0 spiro atoms. The van der Waals surface area contributed by atoms with E-state index in [0.29, 0.717) is 50.7 Å². The summed E-state index contributed by atoms with van der Waals surface area (Å²) in [6.07, 6.45) is 1.50. The molecule has 2 aliphatic heterocycles. The van der Waals surface area contributed by atoms with Gasteiger partial charge >= 0.3 is 0 Å². The van der Waals surface area contributed by atoms with Gasteiger partial charge in [-0.2, -0.15) is 0 Å². The monoisotopic (exact) mass is 379 g/mol. The number of hydrogen-bond acceptors (Lipinski definition) is 4. The zero-order valence-electron chi connectivity index (χ0n) is 15.2. The number of nitrogens with one attached hydrogen (secondary N) is 1. The van der Waals surface area contributed by atoms with Gasteiger partial charge < -0.3 is 19.9 Å². The van der Waals surface area contributed by atoms with Gasteiger partial charge in [0.1, 0.15) is 6.61 Å². The number of benzene rings is 1. The van der Waals surface area contributed by atoms with E-state index >= 15 is 0 Å². The predicted molar refractivity (Wildman–Crippen MR) is 100 cm³/mol. The van der Waals surface area contributed by atoms with Gasteiger partial charge in [0.2, 0.25) is 11.8 Å². The van der Waals surface area contributed by atoms with Crippen molar-refractivity contribution in [2.45, 2.75) is 12.8 Å². The van der Waals surface area contributed by atoms with E-state index in [0.717, 1.165) is 12.0 Å². The molecule has 142 valence electrons. The van der Waals surface area contributed by atoms with Crippen molar-refractivity contribution >= 4 is 23.4 Å². The van der Waals surface area contributed by atoms with Gasteiger partial charge in [-0.05, 0) is 30.5 Å². The first kappa shape index (κ1) is 19.1. The SMILES string of the molecule is COCC(=O)N1CCCN(C(=O)C2(Cc3ccc(Cl)cc3)CNC2)CC1. The molecule has 7 heteroatoms. The number of halogens is 1. The van der Waals surface area contributed by atoms with Crippen molar-refractivity contribution in [2.75, 3.05) is 53.0 Å². The summed E-state index contributed by atoms with van der Waals surface area (Å²) in [6, 6.07) is 7.71. The van der Waals surface area contributed by atoms with E-state index in [4.69, 9.17) is 16.3 Å². The second-order valence-electron chi connectivity index (χ2n) is 7.15. The Labute approximate surface area is 159 Å². The molecule has 0 aromatic heterocycles. The second-order valence-corrected chi connectivity index (χ2v) is 7.58. The van der Waals surface area contributed by atoms with Crippen LogP contribution in [0.5, 0.6) is 0 Å². The van der Waals surface area contributed by atoms with Gasteiger partial charge in [-0.25, -0.2) is 0 Å². The molecule has 2 heterocycles. The van der Waals surface area contributed by atoms with Crippen molar-refractivity contribution in [1.29, 1.82) is 0 Å². The third kappa shape index (κ3) is 4.19. The van der Waals surface area contributed by atoms with Crippen LogP contribution in [0.25, 0.3) is 0 Å². The maximum Gasteiger partial charge on any atom is 0.248 e. The zero-order chi connectivity index (χ0) is 18.6. The van der Waals surface area contributed by atoms with E-state index in [-0.39, 0.29) is 23.8 Å². The molecule has 0 atom stereocenters. The first-order valence-electron chi connectivity index (χ1n) is 9.05. The quantitative estimate of drug-likeness (QED) is 0.834. The molecule has 2 aliphatic rings. The van der Waals surface area contributed by atoms with Gasteiger partial charge in [0.05, 0.1) is 5.41 Å². The lowest BCUT2D eigenvalue weighted by molar-refractivity contribution is -0.145. The van der Waals surface area contributed by atoms with Crippen molar-refractivity contribution in [3.8, 4) is 0 Å². The molecule has 1 aromatic rings. The number of nitrogens with zero attached hydrogens (tertiary/aromatic N) is 2.